The fraction of sp³-hybridized carbons (Fsp3) is 0.667. The van der Waals surface area contributed by atoms with Gasteiger partial charge in [0.1, 0.15) is 0 Å². The van der Waals surface area contributed by atoms with Crippen LogP contribution in [0, 0.1) is 11.3 Å². The van der Waals surface area contributed by atoms with Crippen LogP contribution in [-0.4, -0.2) is 6.04 Å². The maximum absolute atomic E-state index is 6.28. The van der Waals surface area contributed by atoms with Gasteiger partial charge in [-0.05, 0) is 54.7 Å². The van der Waals surface area contributed by atoms with Gasteiger partial charge in [0.15, 0.2) is 0 Å². The molecule has 0 radical (unpaired) electrons. The van der Waals surface area contributed by atoms with E-state index in [1.54, 1.807) is 0 Å². The Labute approximate surface area is 143 Å². The molecule has 1 aliphatic carbocycles. The molecule has 1 saturated carbocycles. The van der Waals surface area contributed by atoms with Gasteiger partial charge in [-0.25, -0.2) is 0 Å². The molecule has 21 heavy (non-hydrogen) atoms. The second-order valence-corrected chi connectivity index (χ2v) is 8.33. The average molecular weight is 373 g/mol. The zero-order valence-electron chi connectivity index (χ0n) is 13.4. The van der Waals surface area contributed by atoms with Gasteiger partial charge >= 0.3 is 0 Å². The molecular weight excluding hydrogens is 346 g/mol. The van der Waals surface area contributed by atoms with Crippen molar-refractivity contribution in [2.45, 2.75) is 65.5 Å². The maximum atomic E-state index is 6.28. The van der Waals surface area contributed by atoms with E-state index in [0.29, 0.717) is 11.5 Å². The molecule has 1 nitrogen and oxygen atoms in total. The van der Waals surface area contributed by atoms with Crippen molar-refractivity contribution < 1.29 is 0 Å². The predicted octanol–water partition coefficient (Wildman–Crippen LogP) is 6.19. The largest absolute Gasteiger partial charge is 0.310 e. The molecule has 0 heterocycles. The van der Waals surface area contributed by atoms with Gasteiger partial charge in [-0.1, -0.05) is 60.8 Å². The quantitative estimate of drug-likeness (QED) is 0.650. The van der Waals surface area contributed by atoms with Gasteiger partial charge in [-0.3, -0.25) is 0 Å². The zero-order chi connectivity index (χ0) is 15.5. The summed E-state index contributed by atoms with van der Waals surface area (Å²) in [6.07, 6.45) is 6.58. The van der Waals surface area contributed by atoms with E-state index in [1.807, 2.05) is 6.07 Å². The number of halogens is 2. The normalized spacial score (nSPS) is 23.3. The maximum Gasteiger partial charge on any atom is 0.0462 e. The van der Waals surface area contributed by atoms with E-state index < -0.39 is 0 Å². The first kappa shape index (κ1) is 17.3. The van der Waals surface area contributed by atoms with Crippen LogP contribution < -0.4 is 5.32 Å². The lowest BCUT2D eigenvalue weighted by Crippen LogP contribution is -2.36. The van der Waals surface area contributed by atoms with E-state index in [4.69, 9.17) is 11.6 Å². The van der Waals surface area contributed by atoms with Gasteiger partial charge in [0.2, 0.25) is 0 Å². The molecule has 0 unspecified atom stereocenters. The minimum Gasteiger partial charge on any atom is -0.310 e. The van der Waals surface area contributed by atoms with Gasteiger partial charge < -0.3 is 5.32 Å². The molecule has 0 saturated heterocycles. The lowest BCUT2D eigenvalue weighted by Gasteiger charge is -2.39. The molecule has 0 atom stereocenters. The van der Waals surface area contributed by atoms with Gasteiger partial charge in [-0.15, -0.1) is 0 Å². The summed E-state index contributed by atoms with van der Waals surface area (Å²) >= 11 is 9.73. The molecule has 0 spiro atoms. The number of benzene rings is 1. The minimum absolute atomic E-state index is 0.500. The number of nitrogens with one attached hydrogen (secondary N) is 1. The van der Waals surface area contributed by atoms with Crippen molar-refractivity contribution in [1.29, 1.82) is 0 Å². The highest BCUT2D eigenvalue weighted by Crippen LogP contribution is 2.40. The third kappa shape index (κ3) is 4.71. The Hall–Kier alpha value is -0.0500. The van der Waals surface area contributed by atoms with Gasteiger partial charge in [0, 0.05) is 22.1 Å². The Morgan fingerprint density at radius 2 is 1.90 bits per heavy atom. The van der Waals surface area contributed by atoms with Crippen LogP contribution in [0.4, 0.5) is 0 Å². The van der Waals surface area contributed by atoms with Crippen LogP contribution in [0.2, 0.25) is 5.02 Å². The topological polar surface area (TPSA) is 12.0 Å². The monoisotopic (exact) mass is 371 g/mol. The molecule has 0 bridgehead atoms. The summed E-state index contributed by atoms with van der Waals surface area (Å²) in [7, 11) is 0. The Kier molecular flexibility index (Phi) is 6.16. The molecule has 1 aromatic carbocycles. The van der Waals surface area contributed by atoms with Gasteiger partial charge in [-0.2, -0.15) is 0 Å². The van der Waals surface area contributed by atoms with E-state index in [0.717, 1.165) is 22.0 Å². The van der Waals surface area contributed by atoms with Crippen molar-refractivity contribution in [2.24, 2.45) is 11.3 Å². The lowest BCUT2D eigenvalue weighted by molar-refractivity contribution is 0.137. The molecule has 118 valence electrons. The highest BCUT2D eigenvalue weighted by Gasteiger charge is 2.31. The first-order chi connectivity index (χ1) is 9.92. The Balaban J connectivity index is 1.81. The van der Waals surface area contributed by atoms with E-state index in [-0.39, 0.29) is 0 Å². The van der Waals surface area contributed by atoms with E-state index >= 15 is 0 Å². The molecule has 0 aliphatic heterocycles. The third-order valence-corrected chi connectivity index (χ3v) is 6.18. The SMILES string of the molecule is CCC(C)(C)C1CCC(NCc2ccc(Br)cc2Cl)CC1. The van der Waals surface area contributed by atoms with Crippen molar-refractivity contribution >= 4 is 27.5 Å². The van der Waals surface area contributed by atoms with Gasteiger partial charge in [0.05, 0.1) is 0 Å². The molecule has 2 rings (SSSR count). The summed E-state index contributed by atoms with van der Waals surface area (Å²) in [6, 6.07) is 6.78. The zero-order valence-corrected chi connectivity index (χ0v) is 15.7. The highest BCUT2D eigenvalue weighted by molar-refractivity contribution is 9.10. The van der Waals surface area contributed by atoms with Crippen molar-refractivity contribution in [3.8, 4) is 0 Å². The summed E-state index contributed by atoms with van der Waals surface area (Å²) in [4.78, 5) is 0. The van der Waals surface area contributed by atoms with Crippen LogP contribution in [0.25, 0.3) is 0 Å². The van der Waals surface area contributed by atoms with Gasteiger partial charge in [0.25, 0.3) is 0 Å². The molecule has 1 fully saturated rings. The number of rotatable bonds is 5. The standard InChI is InChI=1S/C18H27BrClN/c1-4-18(2,3)14-6-9-16(10-7-14)21-12-13-5-8-15(19)11-17(13)20/h5,8,11,14,16,21H,4,6-7,9-10,12H2,1-3H3. The summed E-state index contributed by atoms with van der Waals surface area (Å²) < 4.78 is 1.04. The van der Waals surface area contributed by atoms with E-state index in [1.165, 1.54) is 37.7 Å². The average Bonchev–Trinajstić information content (AvgIpc) is 2.47. The van der Waals surface area contributed by atoms with Crippen molar-refractivity contribution in [1.82, 2.24) is 5.32 Å². The third-order valence-electron chi connectivity index (χ3n) is 5.34. The number of hydrogen-bond donors (Lipinski definition) is 1. The Bertz CT molecular complexity index is 464. The molecule has 1 aromatic rings. The summed E-state index contributed by atoms with van der Waals surface area (Å²) in [5.74, 6) is 0.886. The minimum atomic E-state index is 0.500. The Morgan fingerprint density at radius 3 is 2.48 bits per heavy atom. The molecule has 0 amide bonds. The first-order valence-electron chi connectivity index (χ1n) is 8.09. The summed E-state index contributed by atoms with van der Waals surface area (Å²) in [5.41, 5.74) is 1.69. The van der Waals surface area contributed by atoms with Crippen LogP contribution in [0.1, 0.15) is 58.4 Å². The smallest absolute Gasteiger partial charge is 0.0462 e. The Morgan fingerprint density at radius 1 is 1.24 bits per heavy atom. The molecule has 1 N–H and O–H groups in total. The number of hydrogen-bond acceptors (Lipinski definition) is 1. The van der Waals surface area contributed by atoms with Crippen LogP contribution >= 0.6 is 27.5 Å². The molecule has 0 aromatic heterocycles. The second kappa shape index (κ2) is 7.48. The lowest BCUT2D eigenvalue weighted by atomic mass is 9.69. The summed E-state index contributed by atoms with van der Waals surface area (Å²) in [6.45, 7) is 8.04. The predicted molar refractivity (Wildman–Crippen MR) is 95.8 cm³/mol. The van der Waals surface area contributed by atoms with Crippen molar-refractivity contribution in [3.05, 3.63) is 33.3 Å². The highest BCUT2D eigenvalue weighted by atomic mass is 79.9. The molecule has 3 heteroatoms. The van der Waals surface area contributed by atoms with Crippen LogP contribution in [0.3, 0.4) is 0 Å². The molecular formula is C18H27BrClN. The fourth-order valence-electron chi connectivity index (χ4n) is 3.29. The molecule has 1 aliphatic rings. The van der Waals surface area contributed by atoms with Crippen LogP contribution in [0.15, 0.2) is 22.7 Å². The fourth-order valence-corrected chi connectivity index (χ4v) is 4.03. The van der Waals surface area contributed by atoms with E-state index in [2.05, 4.69) is 54.2 Å². The second-order valence-electron chi connectivity index (χ2n) is 7.01. The van der Waals surface area contributed by atoms with Crippen LogP contribution in [-0.2, 0) is 6.54 Å². The van der Waals surface area contributed by atoms with Crippen molar-refractivity contribution in [3.63, 3.8) is 0 Å². The summed E-state index contributed by atoms with van der Waals surface area (Å²) in [5, 5.41) is 4.53. The van der Waals surface area contributed by atoms with Crippen LogP contribution in [0.5, 0.6) is 0 Å². The van der Waals surface area contributed by atoms with E-state index in [9.17, 15) is 0 Å². The van der Waals surface area contributed by atoms with Crippen molar-refractivity contribution in [2.75, 3.05) is 0 Å². The first-order valence-corrected chi connectivity index (χ1v) is 9.27.